The van der Waals surface area contributed by atoms with Crippen LogP contribution in [0.3, 0.4) is 0 Å². The zero-order valence-corrected chi connectivity index (χ0v) is 16.1. The summed E-state index contributed by atoms with van der Waals surface area (Å²) in [5.41, 5.74) is 0.900. The van der Waals surface area contributed by atoms with Crippen LogP contribution in [0, 0.1) is 11.8 Å². The number of nitrogens with zero attached hydrogens (tertiary/aromatic N) is 1. The molecule has 0 aliphatic carbocycles. The summed E-state index contributed by atoms with van der Waals surface area (Å²) >= 11 is 0. The second-order valence-corrected chi connectivity index (χ2v) is 8.02. The number of amides is 2. The molecular formula is C21H27N3O4. The standard InChI is InChI=1S/C21H27N3O4/c1-28-21(27)14-7-5-13(6-8-14)20(26)23-12-18-16-9-15(10-22-11-16)17-3-2-4-19(25)24(17)18/h5-8,15-18,22H,2-4,9-12H2,1H3,(H,23,26)/t15-,16+,17+,18+/m1/s1. The summed E-state index contributed by atoms with van der Waals surface area (Å²) in [4.78, 5) is 38.9. The zero-order valence-electron chi connectivity index (χ0n) is 16.1. The number of nitrogens with one attached hydrogen (secondary N) is 2. The van der Waals surface area contributed by atoms with Gasteiger partial charge < -0.3 is 20.3 Å². The van der Waals surface area contributed by atoms with Gasteiger partial charge in [-0.2, -0.15) is 0 Å². The van der Waals surface area contributed by atoms with E-state index in [9.17, 15) is 14.4 Å². The monoisotopic (exact) mass is 385 g/mol. The van der Waals surface area contributed by atoms with Gasteiger partial charge in [-0.1, -0.05) is 0 Å². The molecule has 4 atom stereocenters. The number of piperidine rings is 3. The van der Waals surface area contributed by atoms with E-state index in [4.69, 9.17) is 0 Å². The number of rotatable bonds is 4. The first-order valence-corrected chi connectivity index (χ1v) is 10.1. The molecule has 1 aromatic rings. The van der Waals surface area contributed by atoms with Crippen molar-refractivity contribution in [2.24, 2.45) is 11.8 Å². The van der Waals surface area contributed by atoms with Crippen molar-refractivity contribution in [1.82, 2.24) is 15.5 Å². The molecule has 0 saturated carbocycles. The Hall–Kier alpha value is -2.41. The highest BCUT2D eigenvalue weighted by atomic mass is 16.5. The van der Waals surface area contributed by atoms with Gasteiger partial charge in [0.15, 0.2) is 0 Å². The lowest BCUT2D eigenvalue weighted by atomic mass is 9.72. The zero-order chi connectivity index (χ0) is 19.7. The summed E-state index contributed by atoms with van der Waals surface area (Å²) in [6.07, 6.45) is 3.76. The minimum absolute atomic E-state index is 0.0418. The fourth-order valence-electron chi connectivity index (χ4n) is 5.07. The lowest BCUT2D eigenvalue weighted by molar-refractivity contribution is -0.148. The molecule has 3 saturated heterocycles. The van der Waals surface area contributed by atoms with Gasteiger partial charge in [0.2, 0.25) is 5.91 Å². The van der Waals surface area contributed by atoms with Crippen LogP contribution >= 0.6 is 0 Å². The van der Waals surface area contributed by atoms with Crippen LogP contribution in [0.2, 0.25) is 0 Å². The molecule has 0 unspecified atom stereocenters. The Labute approximate surface area is 164 Å². The van der Waals surface area contributed by atoms with Crippen LogP contribution in [0.25, 0.3) is 0 Å². The summed E-state index contributed by atoms with van der Waals surface area (Å²) in [6.45, 7) is 2.33. The van der Waals surface area contributed by atoms with E-state index in [1.54, 1.807) is 24.3 Å². The minimum Gasteiger partial charge on any atom is -0.465 e. The number of carbonyl (C=O) groups excluding carboxylic acids is 3. The predicted octanol–water partition coefficient (Wildman–Crippen LogP) is 1.19. The molecule has 2 N–H and O–H groups in total. The Morgan fingerprint density at radius 3 is 2.64 bits per heavy atom. The molecule has 7 nitrogen and oxygen atoms in total. The SMILES string of the molecule is COC(=O)c1ccc(C(=O)NC[C@H]2[C@@H]3CNC[C@@H](C3)[C@@H]3CCCC(=O)N32)cc1. The summed E-state index contributed by atoms with van der Waals surface area (Å²) < 4.78 is 4.68. The van der Waals surface area contributed by atoms with Gasteiger partial charge in [-0.3, -0.25) is 9.59 Å². The minimum atomic E-state index is -0.428. The lowest BCUT2D eigenvalue weighted by Crippen LogP contribution is -2.66. The number of methoxy groups -OCH3 is 1. The van der Waals surface area contributed by atoms with E-state index in [2.05, 4.69) is 20.3 Å². The second kappa shape index (κ2) is 7.91. The van der Waals surface area contributed by atoms with E-state index < -0.39 is 5.97 Å². The van der Waals surface area contributed by atoms with Crippen LogP contribution in [-0.2, 0) is 9.53 Å². The highest BCUT2D eigenvalue weighted by molar-refractivity contribution is 5.96. The Balaban J connectivity index is 1.44. The van der Waals surface area contributed by atoms with Gasteiger partial charge in [0.05, 0.1) is 18.7 Å². The van der Waals surface area contributed by atoms with E-state index >= 15 is 0 Å². The normalized spacial score (nSPS) is 29.0. The third-order valence-electron chi connectivity index (χ3n) is 6.44. The number of hydrogen-bond donors (Lipinski definition) is 2. The molecule has 3 aliphatic rings. The number of fused-ring (bicyclic) bond motifs is 4. The maximum Gasteiger partial charge on any atom is 0.337 e. The predicted molar refractivity (Wildman–Crippen MR) is 103 cm³/mol. The van der Waals surface area contributed by atoms with Crippen molar-refractivity contribution < 1.29 is 19.1 Å². The summed E-state index contributed by atoms with van der Waals surface area (Å²) in [6, 6.07) is 6.75. The number of esters is 1. The van der Waals surface area contributed by atoms with E-state index in [1.165, 1.54) is 7.11 Å². The summed E-state index contributed by atoms with van der Waals surface area (Å²) in [7, 11) is 1.33. The van der Waals surface area contributed by atoms with Crippen molar-refractivity contribution in [3.05, 3.63) is 35.4 Å². The van der Waals surface area contributed by atoms with E-state index in [0.717, 1.165) is 32.4 Å². The number of carbonyl (C=O) groups is 3. The highest BCUT2D eigenvalue weighted by Crippen LogP contribution is 2.39. The largest absolute Gasteiger partial charge is 0.465 e. The van der Waals surface area contributed by atoms with Gasteiger partial charge in [0.1, 0.15) is 0 Å². The molecule has 0 radical (unpaired) electrons. The molecule has 3 aliphatic heterocycles. The Bertz CT molecular complexity index is 763. The molecule has 150 valence electrons. The van der Waals surface area contributed by atoms with Crippen LogP contribution in [0.1, 0.15) is 46.4 Å². The molecule has 0 spiro atoms. The molecule has 1 aromatic carbocycles. The first-order chi connectivity index (χ1) is 13.6. The van der Waals surface area contributed by atoms with Crippen LogP contribution in [0.15, 0.2) is 24.3 Å². The molecule has 2 bridgehead atoms. The van der Waals surface area contributed by atoms with Crippen molar-refractivity contribution in [3.8, 4) is 0 Å². The average Bonchev–Trinajstić information content (AvgIpc) is 2.73. The molecule has 0 aromatic heterocycles. The van der Waals surface area contributed by atoms with E-state index in [-0.39, 0.29) is 17.9 Å². The van der Waals surface area contributed by atoms with Crippen molar-refractivity contribution in [2.75, 3.05) is 26.7 Å². The summed E-state index contributed by atoms with van der Waals surface area (Å²) in [5.74, 6) is 0.515. The molecule has 4 rings (SSSR count). The maximum atomic E-state index is 12.7. The van der Waals surface area contributed by atoms with Gasteiger partial charge in [-0.25, -0.2) is 4.79 Å². The number of benzene rings is 1. The van der Waals surface area contributed by atoms with E-state index in [0.29, 0.717) is 42.0 Å². The van der Waals surface area contributed by atoms with Gasteiger partial charge in [-0.15, -0.1) is 0 Å². The van der Waals surface area contributed by atoms with Gasteiger partial charge >= 0.3 is 5.97 Å². The topological polar surface area (TPSA) is 87.7 Å². The third-order valence-corrected chi connectivity index (χ3v) is 6.44. The molecule has 7 heteroatoms. The Morgan fingerprint density at radius 2 is 1.89 bits per heavy atom. The number of hydrogen-bond acceptors (Lipinski definition) is 5. The molecule has 2 amide bonds. The van der Waals surface area contributed by atoms with Crippen molar-refractivity contribution >= 4 is 17.8 Å². The lowest BCUT2D eigenvalue weighted by Gasteiger charge is -2.54. The fourth-order valence-corrected chi connectivity index (χ4v) is 5.07. The van der Waals surface area contributed by atoms with Crippen LogP contribution < -0.4 is 10.6 Å². The van der Waals surface area contributed by atoms with Crippen molar-refractivity contribution in [3.63, 3.8) is 0 Å². The summed E-state index contributed by atoms with van der Waals surface area (Å²) in [5, 5.41) is 6.52. The average molecular weight is 385 g/mol. The first kappa shape index (κ1) is 18.9. The smallest absolute Gasteiger partial charge is 0.337 e. The van der Waals surface area contributed by atoms with Crippen LogP contribution in [0.4, 0.5) is 0 Å². The van der Waals surface area contributed by atoms with Gasteiger partial charge in [0.25, 0.3) is 5.91 Å². The highest BCUT2D eigenvalue weighted by Gasteiger charge is 2.47. The fraction of sp³-hybridized carbons (Fsp3) is 0.571. The maximum absolute atomic E-state index is 12.7. The van der Waals surface area contributed by atoms with E-state index in [1.807, 2.05) is 0 Å². The third kappa shape index (κ3) is 3.51. The molecule has 3 heterocycles. The Morgan fingerprint density at radius 1 is 1.18 bits per heavy atom. The van der Waals surface area contributed by atoms with Crippen LogP contribution in [0.5, 0.6) is 0 Å². The van der Waals surface area contributed by atoms with Crippen molar-refractivity contribution in [2.45, 2.75) is 37.8 Å². The molecular weight excluding hydrogens is 358 g/mol. The molecule has 3 fully saturated rings. The molecule has 28 heavy (non-hydrogen) atoms. The van der Waals surface area contributed by atoms with Gasteiger partial charge in [-0.05, 0) is 61.9 Å². The number of ether oxygens (including phenoxy) is 1. The van der Waals surface area contributed by atoms with Gasteiger partial charge in [0, 0.05) is 31.1 Å². The Kier molecular flexibility index (Phi) is 5.35. The van der Waals surface area contributed by atoms with Crippen molar-refractivity contribution in [1.29, 1.82) is 0 Å². The van der Waals surface area contributed by atoms with Crippen LogP contribution in [-0.4, -0.2) is 61.5 Å². The second-order valence-electron chi connectivity index (χ2n) is 8.02. The quantitative estimate of drug-likeness (QED) is 0.761. The first-order valence-electron chi connectivity index (χ1n) is 10.1.